The molecule has 4 aliphatic rings. The molecule has 1 heterocycles. The van der Waals surface area contributed by atoms with E-state index in [1.54, 1.807) is 0 Å². The second kappa shape index (κ2) is 8.93. The number of likely N-dealkylation sites (tertiary alicyclic amines) is 1. The SMILES string of the molecule is C=NCC1CCCN1C(=O)CNC12CCC(NS(=O)(=O)c3ccc(C#N)cc3)(CC1)CC2. The third kappa shape index (κ3) is 4.58. The number of benzene rings is 1. The molecule has 1 aromatic rings. The van der Waals surface area contributed by atoms with Crippen LogP contribution in [0.15, 0.2) is 34.2 Å². The Morgan fingerprint density at radius 1 is 1.16 bits per heavy atom. The van der Waals surface area contributed by atoms with Crippen molar-refractivity contribution >= 4 is 22.6 Å². The van der Waals surface area contributed by atoms with E-state index in [4.69, 9.17) is 5.26 Å². The zero-order valence-electron chi connectivity index (χ0n) is 18.3. The molecule has 0 spiro atoms. The molecule has 1 aliphatic heterocycles. The van der Waals surface area contributed by atoms with Crippen molar-refractivity contribution < 1.29 is 13.2 Å². The van der Waals surface area contributed by atoms with Crippen molar-refractivity contribution in [3.63, 3.8) is 0 Å². The Balaban J connectivity index is 1.34. The van der Waals surface area contributed by atoms with Crippen molar-refractivity contribution in [2.45, 2.75) is 73.4 Å². The maximum atomic E-state index is 12.9. The third-order valence-electron chi connectivity index (χ3n) is 7.54. The van der Waals surface area contributed by atoms with Crippen molar-refractivity contribution in [1.82, 2.24) is 14.9 Å². The first-order chi connectivity index (χ1) is 15.3. The summed E-state index contributed by atoms with van der Waals surface area (Å²) in [5.41, 5.74) is -0.0946. The summed E-state index contributed by atoms with van der Waals surface area (Å²) in [6.07, 6.45) is 6.76. The lowest BCUT2D eigenvalue weighted by Crippen LogP contribution is -2.63. The maximum Gasteiger partial charge on any atom is 0.241 e. The highest BCUT2D eigenvalue weighted by Gasteiger charge is 2.50. The standard InChI is InChI=1S/C23H31N5O3S/c1-25-16-19-3-2-14-28(19)21(29)17-26-22-8-11-23(12-9-22,13-10-22)27-32(30,31)20-6-4-18(15-24)5-7-20/h4-7,19,26-27H,1-3,8-14,16-17H2. The maximum absolute atomic E-state index is 12.9. The van der Waals surface area contributed by atoms with Gasteiger partial charge in [-0.25, -0.2) is 13.1 Å². The minimum Gasteiger partial charge on any atom is -0.337 e. The summed E-state index contributed by atoms with van der Waals surface area (Å²) in [5.74, 6) is 0.120. The molecule has 3 saturated carbocycles. The van der Waals surface area contributed by atoms with Crippen LogP contribution in [0.2, 0.25) is 0 Å². The molecule has 4 fully saturated rings. The van der Waals surface area contributed by atoms with Crippen molar-refractivity contribution in [3.05, 3.63) is 29.8 Å². The van der Waals surface area contributed by atoms with Gasteiger partial charge in [0.1, 0.15) is 0 Å². The number of carbonyl (C=O) groups is 1. The molecule has 172 valence electrons. The Labute approximate surface area is 190 Å². The molecule has 1 aromatic carbocycles. The molecule has 1 unspecified atom stereocenters. The predicted octanol–water partition coefficient (Wildman–Crippen LogP) is 1.96. The van der Waals surface area contributed by atoms with Gasteiger partial charge in [0.25, 0.3) is 0 Å². The van der Waals surface area contributed by atoms with E-state index in [9.17, 15) is 13.2 Å². The highest BCUT2D eigenvalue weighted by Crippen LogP contribution is 2.47. The van der Waals surface area contributed by atoms with Crippen LogP contribution in [0.3, 0.4) is 0 Å². The van der Waals surface area contributed by atoms with Gasteiger partial charge in [-0.15, -0.1) is 0 Å². The molecule has 32 heavy (non-hydrogen) atoms. The van der Waals surface area contributed by atoms with Crippen molar-refractivity contribution in [2.24, 2.45) is 4.99 Å². The van der Waals surface area contributed by atoms with Gasteiger partial charge in [0, 0.05) is 17.6 Å². The lowest BCUT2D eigenvalue weighted by atomic mass is 9.62. The first kappa shape index (κ1) is 22.9. The fourth-order valence-electron chi connectivity index (χ4n) is 5.52. The number of rotatable bonds is 8. The number of carbonyl (C=O) groups excluding carboxylic acids is 1. The quantitative estimate of drug-likeness (QED) is 0.579. The highest BCUT2D eigenvalue weighted by molar-refractivity contribution is 7.89. The normalized spacial score (nSPS) is 29.6. The van der Waals surface area contributed by atoms with Gasteiger partial charge in [-0.1, -0.05) is 0 Å². The van der Waals surface area contributed by atoms with Crippen molar-refractivity contribution in [3.8, 4) is 6.07 Å². The molecule has 0 aromatic heterocycles. The predicted molar refractivity (Wildman–Crippen MR) is 122 cm³/mol. The largest absolute Gasteiger partial charge is 0.337 e. The van der Waals surface area contributed by atoms with Crippen LogP contribution in [-0.2, 0) is 14.8 Å². The van der Waals surface area contributed by atoms with Crippen molar-refractivity contribution in [1.29, 1.82) is 5.26 Å². The summed E-state index contributed by atoms with van der Waals surface area (Å²) in [4.78, 5) is 18.9. The summed E-state index contributed by atoms with van der Waals surface area (Å²) < 4.78 is 28.8. The van der Waals surface area contributed by atoms with Gasteiger partial charge in [-0.05, 0) is 82.3 Å². The minimum absolute atomic E-state index is 0.0940. The van der Waals surface area contributed by atoms with E-state index in [1.807, 2.05) is 11.0 Å². The Morgan fingerprint density at radius 2 is 1.78 bits per heavy atom. The average molecular weight is 458 g/mol. The second-order valence-electron chi connectivity index (χ2n) is 9.45. The van der Waals surface area contributed by atoms with Gasteiger partial charge in [-0.2, -0.15) is 5.26 Å². The van der Waals surface area contributed by atoms with Crippen LogP contribution in [0.5, 0.6) is 0 Å². The van der Waals surface area contributed by atoms with E-state index in [2.05, 4.69) is 21.7 Å². The first-order valence-electron chi connectivity index (χ1n) is 11.3. The van der Waals surface area contributed by atoms with Crippen LogP contribution in [-0.4, -0.2) is 62.7 Å². The van der Waals surface area contributed by atoms with Crippen molar-refractivity contribution in [2.75, 3.05) is 19.6 Å². The Kier molecular flexibility index (Phi) is 6.39. The molecule has 3 aliphatic carbocycles. The van der Waals surface area contributed by atoms with E-state index in [-0.39, 0.29) is 22.4 Å². The molecule has 1 saturated heterocycles. The molecule has 9 heteroatoms. The Morgan fingerprint density at radius 3 is 2.38 bits per heavy atom. The summed E-state index contributed by atoms with van der Waals surface area (Å²) in [6.45, 7) is 5.26. The molecule has 0 radical (unpaired) electrons. The summed E-state index contributed by atoms with van der Waals surface area (Å²) >= 11 is 0. The number of aliphatic imine (C=N–C) groups is 1. The number of nitrogens with zero attached hydrogens (tertiary/aromatic N) is 3. The minimum atomic E-state index is -3.65. The van der Waals surface area contributed by atoms with Crippen LogP contribution >= 0.6 is 0 Å². The van der Waals surface area contributed by atoms with Gasteiger partial charge in [0.05, 0.1) is 35.7 Å². The lowest BCUT2D eigenvalue weighted by Gasteiger charge is -2.53. The number of hydrogen-bond acceptors (Lipinski definition) is 6. The van der Waals surface area contributed by atoms with E-state index < -0.39 is 15.6 Å². The molecule has 1 atom stereocenters. The van der Waals surface area contributed by atoms with Gasteiger partial charge >= 0.3 is 0 Å². The first-order valence-corrected chi connectivity index (χ1v) is 12.8. The summed E-state index contributed by atoms with van der Waals surface area (Å²) in [6, 6.07) is 8.18. The number of nitriles is 1. The zero-order chi connectivity index (χ0) is 22.8. The molecule has 1 amide bonds. The fraction of sp³-hybridized carbons (Fsp3) is 0.609. The highest BCUT2D eigenvalue weighted by atomic mass is 32.2. The molecule has 5 rings (SSSR count). The smallest absolute Gasteiger partial charge is 0.241 e. The summed E-state index contributed by atoms with van der Waals surface area (Å²) in [5, 5.41) is 12.5. The molecule has 8 nitrogen and oxygen atoms in total. The summed E-state index contributed by atoms with van der Waals surface area (Å²) in [7, 11) is -3.65. The van der Waals surface area contributed by atoms with Gasteiger partial charge in [0.2, 0.25) is 15.9 Å². The molecular weight excluding hydrogens is 426 g/mol. The topological polar surface area (TPSA) is 115 Å². The van der Waals surface area contributed by atoms with Gasteiger partial charge in [-0.3, -0.25) is 9.79 Å². The van der Waals surface area contributed by atoms with Crippen LogP contribution in [0, 0.1) is 11.3 Å². The number of hydrogen-bond donors (Lipinski definition) is 2. The van der Waals surface area contributed by atoms with Crippen LogP contribution in [0.4, 0.5) is 0 Å². The van der Waals surface area contributed by atoms with Gasteiger partial charge < -0.3 is 10.2 Å². The Hall–Kier alpha value is -2.28. The number of sulfonamides is 1. The number of amides is 1. The van der Waals surface area contributed by atoms with E-state index in [0.717, 1.165) is 57.9 Å². The van der Waals surface area contributed by atoms with E-state index in [1.165, 1.54) is 24.3 Å². The second-order valence-corrected chi connectivity index (χ2v) is 11.1. The molecule has 2 bridgehead atoms. The average Bonchev–Trinajstić information content (AvgIpc) is 3.27. The van der Waals surface area contributed by atoms with E-state index >= 15 is 0 Å². The van der Waals surface area contributed by atoms with Crippen LogP contribution in [0.25, 0.3) is 0 Å². The molecule has 2 N–H and O–H groups in total. The van der Waals surface area contributed by atoms with Crippen LogP contribution < -0.4 is 10.0 Å². The van der Waals surface area contributed by atoms with Gasteiger partial charge in [0.15, 0.2) is 0 Å². The van der Waals surface area contributed by atoms with E-state index in [0.29, 0.717) is 18.7 Å². The number of nitrogens with one attached hydrogen (secondary N) is 2. The van der Waals surface area contributed by atoms with Crippen LogP contribution in [0.1, 0.15) is 56.9 Å². The zero-order valence-corrected chi connectivity index (χ0v) is 19.2. The lowest BCUT2D eigenvalue weighted by molar-refractivity contribution is -0.131. The Bertz CT molecular complexity index is 991. The monoisotopic (exact) mass is 457 g/mol. The number of fused-ring (bicyclic) bond motifs is 3. The fourth-order valence-corrected chi connectivity index (χ4v) is 7.01. The molecular formula is C23H31N5O3S. The third-order valence-corrected chi connectivity index (χ3v) is 9.14.